The molecule has 1 aliphatic rings. The Hall–Kier alpha value is 0.1000. The monoisotopic (exact) mass is 580 g/mol. The van der Waals surface area contributed by atoms with E-state index in [1.165, 1.54) is 101 Å². The van der Waals surface area contributed by atoms with E-state index in [0.717, 1.165) is 40.1 Å². The molecule has 0 spiro atoms. The lowest BCUT2D eigenvalue weighted by Gasteiger charge is -2.38. The number of nitrogens with zero attached hydrogens (tertiary/aromatic N) is 2. The van der Waals surface area contributed by atoms with Crippen LogP contribution in [0.5, 0.6) is 0 Å². The van der Waals surface area contributed by atoms with Crippen molar-refractivity contribution in [2.45, 2.75) is 116 Å². The van der Waals surface area contributed by atoms with Crippen molar-refractivity contribution < 1.29 is 0 Å². The lowest BCUT2D eigenvalue weighted by molar-refractivity contribution is 0.253. The van der Waals surface area contributed by atoms with Crippen molar-refractivity contribution in [3.63, 3.8) is 0 Å². The lowest BCUT2D eigenvalue weighted by Crippen LogP contribution is -2.30. The third-order valence-corrected chi connectivity index (χ3v) is 12.3. The maximum atomic E-state index is 4.59. The predicted molar refractivity (Wildman–Crippen MR) is 184 cm³/mol. The van der Waals surface area contributed by atoms with Crippen molar-refractivity contribution in [3.8, 4) is 0 Å². The van der Waals surface area contributed by atoms with E-state index in [9.17, 15) is 0 Å². The van der Waals surface area contributed by atoms with E-state index in [1.807, 2.05) is 0 Å². The molecule has 0 radical (unpaired) electrons. The first-order valence-corrected chi connectivity index (χ1v) is 18.3. The minimum atomic E-state index is 0.747. The molecule has 6 atom stereocenters. The summed E-state index contributed by atoms with van der Waals surface area (Å²) in [5.74, 6) is 6.60. The standard InChI is InChI=1S/C35H68N2S2/c1-27(2)14-12-13-15-31(7)33-20-19-32(35(26-33)39-25-23-37(10)11)18-16-29(5)30(6)17-21-34(28(3)4)38-24-22-36(8)9/h28-30,32-35H,1,7,12-26H2,2-6,8-11H3. The van der Waals surface area contributed by atoms with Gasteiger partial charge in [0.1, 0.15) is 0 Å². The molecule has 0 aromatic rings. The molecule has 2 nitrogen and oxygen atoms in total. The summed E-state index contributed by atoms with van der Waals surface area (Å²) < 4.78 is 0. The molecule has 0 heterocycles. The van der Waals surface area contributed by atoms with Gasteiger partial charge in [-0.05, 0) is 129 Å². The van der Waals surface area contributed by atoms with Crippen LogP contribution in [0.4, 0.5) is 0 Å². The zero-order valence-corrected chi connectivity index (χ0v) is 29.4. The normalized spacial score (nSPS) is 22.4. The van der Waals surface area contributed by atoms with Gasteiger partial charge in [-0.1, -0.05) is 51.8 Å². The molecule has 230 valence electrons. The van der Waals surface area contributed by atoms with Crippen LogP contribution in [0.25, 0.3) is 0 Å². The second-order valence-corrected chi connectivity index (χ2v) is 16.6. The van der Waals surface area contributed by atoms with Crippen molar-refractivity contribution in [1.82, 2.24) is 9.80 Å². The quantitative estimate of drug-likeness (QED) is 0.0928. The summed E-state index contributed by atoms with van der Waals surface area (Å²) in [6, 6.07) is 0. The van der Waals surface area contributed by atoms with E-state index in [2.05, 4.69) is 109 Å². The van der Waals surface area contributed by atoms with Crippen LogP contribution in [0.15, 0.2) is 24.3 Å². The first-order chi connectivity index (χ1) is 18.4. The summed E-state index contributed by atoms with van der Waals surface area (Å²) in [7, 11) is 8.80. The number of hydrogen-bond acceptors (Lipinski definition) is 4. The van der Waals surface area contributed by atoms with E-state index in [-0.39, 0.29) is 0 Å². The molecule has 1 rings (SSSR count). The number of allylic oxidation sites excluding steroid dienone is 2. The van der Waals surface area contributed by atoms with Gasteiger partial charge < -0.3 is 9.80 Å². The van der Waals surface area contributed by atoms with Crippen molar-refractivity contribution >= 4 is 23.5 Å². The van der Waals surface area contributed by atoms with E-state index in [4.69, 9.17) is 0 Å². The molecular weight excluding hydrogens is 513 g/mol. The smallest absolute Gasteiger partial charge is 0.00815 e. The van der Waals surface area contributed by atoms with Gasteiger partial charge in [-0.2, -0.15) is 23.5 Å². The van der Waals surface area contributed by atoms with E-state index < -0.39 is 0 Å². The molecule has 0 aliphatic heterocycles. The zero-order valence-electron chi connectivity index (χ0n) is 27.8. The predicted octanol–water partition coefficient (Wildman–Crippen LogP) is 9.91. The third kappa shape index (κ3) is 17.0. The first-order valence-electron chi connectivity index (χ1n) is 16.2. The van der Waals surface area contributed by atoms with Crippen molar-refractivity contribution in [2.75, 3.05) is 52.8 Å². The van der Waals surface area contributed by atoms with Crippen LogP contribution in [0, 0.1) is 29.6 Å². The Bertz CT molecular complexity index is 659. The highest BCUT2D eigenvalue weighted by Crippen LogP contribution is 2.43. The van der Waals surface area contributed by atoms with Gasteiger partial charge in [-0.15, -0.1) is 6.58 Å². The highest BCUT2D eigenvalue weighted by atomic mass is 32.2. The Labute approximate surface area is 255 Å². The minimum Gasteiger partial charge on any atom is -0.309 e. The minimum absolute atomic E-state index is 0.747. The van der Waals surface area contributed by atoms with Gasteiger partial charge in [0, 0.05) is 35.1 Å². The van der Waals surface area contributed by atoms with Crippen LogP contribution >= 0.6 is 23.5 Å². The highest BCUT2D eigenvalue weighted by molar-refractivity contribution is 8.00. The second kappa shape index (κ2) is 20.9. The molecule has 6 unspecified atom stereocenters. The third-order valence-electron chi connectivity index (χ3n) is 9.21. The average molecular weight is 581 g/mol. The van der Waals surface area contributed by atoms with Crippen LogP contribution in [0.2, 0.25) is 0 Å². The molecule has 39 heavy (non-hydrogen) atoms. The summed E-state index contributed by atoms with van der Waals surface area (Å²) in [6.45, 7) is 23.1. The van der Waals surface area contributed by atoms with Crippen molar-refractivity contribution in [1.29, 1.82) is 0 Å². The Morgan fingerprint density at radius 3 is 2.05 bits per heavy atom. The SMILES string of the molecule is C=C(C)CCCCC(=C)C1CCC(CCC(C)C(C)CCC(SCCN(C)C)C(C)C)C(SCCN(C)C)C1. The van der Waals surface area contributed by atoms with E-state index >= 15 is 0 Å². The summed E-state index contributed by atoms with van der Waals surface area (Å²) in [6.07, 6.45) is 14.7. The fraction of sp³-hybridized carbons (Fsp3) is 0.886. The molecule has 0 aromatic carbocycles. The number of rotatable bonds is 22. The zero-order chi connectivity index (χ0) is 29.4. The van der Waals surface area contributed by atoms with E-state index in [1.54, 1.807) is 5.57 Å². The fourth-order valence-corrected chi connectivity index (χ4v) is 9.08. The molecule has 0 bridgehead atoms. The molecule has 0 N–H and O–H groups in total. The van der Waals surface area contributed by atoms with E-state index in [0.29, 0.717) is 0 Å². The van der Waals surface area contributed by atoms with Gasteiger partial charge in [0.15, 0.2) is 0 Å². The molecule has 1 saturated carbocycles. The van der Waals surface area contributed by atoms with Crippen LogP contribution in [0.1, 0.15) is 105 Å². The van der Waals surface area contributed by atoms with Crippen LogP contribution in [0.3, 0.4) is 0 Å². The molecule has 4 heteroatoms. The molecule has 1 aliphatic carbocycles. The number of unbranched alkanes of at least 4 members (excludes halogenated alkanes) is 1. The van der Waals surface area contributed by atoms with Gasteiger partial charge in [0.05, 0.1) is 0 Å². The van der Waals surface area contributed by atoms with Gasteiger partial charge in [-0.3, -0.25) is 0 Å². The van der Waals surface area contributed by atoms with Gasteiger partial charge in [0.2, 0.25) is 0 Å². The summed E-state index contributed by atoms with van der Waals surface area (Å²) in [5.41, 5.74) is 2.86. The van der Waals surface area contributed by atoms with Crippen LogP contribution < -0.4 is 0 Å². The Kier molecular flexibility index (Phi) is 19.9. The van der Waals surface area contributed by atoms with Gasteiger partial charge in [-0.25, -0.2) is 0 Å². The van der Waals surface area contributed by atoms with Crippen molar-refractivity contribution in [2.24, 2.45) is 29.6 Å². The van der Waals surface area contributed by atoms with Crippen LogP contribution in [-0.4, -0.2) is 73.1 Å². The summed E-state index contributed by atoms with van der Waals surface area (Å²) in [5, 5.41) is 1.62. The molecule has 0 saturated heterocycles. The van der Waals surface area contributed by atoms with Gasteiger partial charge in [0.25, 0.3) is 0 Å². The molecule has 0 amide bonds. The van der Waals surface area contributed by atoms with Crippen LogP contribution in [-0.2, 0) is 0 Å². The lowest BCUT2D eigenvalue weighted by atomic mass is 9.74. The molecular formula is C35H68N2S2. The Morgan fingerprint density at radius 2 is 1.44 bits per heavy atom. The highest BCUT2D eigenvalue weighted by Gasteiger charge is 2.32. The second-order valence-electron chi connectivity index (χ2n) is 13.9. The molecule has 0 aromatic heterocycles. The Balaban J connectivity index is 2.58. The largest absolute Gasteiger partial charge is 0.309 e. The summed E-state index contributed by atoms with van der Waals surface area (Å²) in [4.78, 5) is 4.66. The maximum Gasteiger partial charge on any atom is 0.00815 e. The van der Waals surface area contributed by atoms with Crippen molar-refractivity contribution in [3.05, 3.63) is 24.3 Å². The number of thioether (sulfide) groups is 2. The molecule has 1 fully saturated rings. The fourth-order valence-electron chi connectivity index (χ4n) is 5.94. The maximum absolute atomic E-state index is 4.59. The summed E-state index contributed by atoms with van der Waals surface area (Å²) >= 11 is 4.48. The topological polar surface area (TPSA) is 6.48 Å². The average Bonchev–Trinajstić information content (AvgIpc) is 2.86. The number of hydrogen-bond donors (Lipinski definition) is 0. The Morgan fingerprint density at radius 1 is 0.821 bits per heavy atom. The van der Waals surface area contributed by atoms with Gasteiger partial charge >= 0.3 is 0 Å². The first kappa shape index (κ1) is 37.1.